The van der Waals surface area contributed by atoms with Gasteiger partial charge in [-0.25, -0.2) is 0 Å². The third-order valence-electron chi connectivity index (χ3n) is 5.10. The van der Waals surface area contributed by atoms with E-state index in [-0.39, 0.29) is 24.8 Å². The fraction of sp³-hybridized carbons (Fsp3) is 0.217. The molecule has 0 spiro atoms. The Kier molecular flexibility index (Phi) is 5.70. The van der Waals surface area contributed by atoms with Crippen LogP contribution >= 0.6 is 0 Å². The molecule has 0 fully saturated rings. The van der Waals surface area contributed by atoms with Crippen LogP contribution in [0.3, 0.4) is 0 Å². The lowest BCUT2D eigenvalue weighted by molar-refractivity contribution is -0.120. The monoisotopic (exact) mass is 404 g/mol. The number of fused-ring (bicyclic) bond motifs is 2. The second-order valence-corrected chi connectivity index (χ2v) is 7.10. The van der Waals surface area contributed by atoms with Gasteiger partial charge in [-0.1, -0.05) is 18.2 Å². The fourth-order valence-corrected chi connectivity index (χ4v) is 3.50. The van der Waals surface area contributed by atoms with Gasteiger partial charge in [-0.05, 0) is 36.2 Å². The molecule has 2 heterocycles. The third kappa shape index (κ3) is 4.30. The number of nitrogens with one attached hydrogen (secondary N) is 4. The normalized spacial score (nSPS) is 11.0. The lowest BCUT2D eigenvalue weighted by Crippen LogP contribution is -2.31. The van der Waals surface area contributed by atoms with Gasteiger partial charge in [-0.2, -0.15) is 0 Å². The van der Waals surface area contributed by atoms with Crippen LogP contribution in [0.1, 0.15) is 22.5 Å². The Hall–Kier alpha value is -3.74. The van der Waals surface area contributed by atoms with Crippen LogP contribution in [0.4, 0.5) is 0 Å². The van der Waals surface area contributed by atoms with Crippen molar-refractivity contribution < 1.29 is 14.3 Å². The molecule has 2 amide bonds. The molecule has 0 bridgehead atoms. The van der Waals surface area contributed by atoms with Gasteiger partial charge >= 0.3 is 0 Å². The Labute approximate surface area is 173 Å². The number of para-hydroxylation sites is 1. The fourth-order valence-electron chi connectivity index (χ4n) is 3.50. The van der Waals surface area contributed by atoms with Gasteiger partial charge in [0.2, 0.25) is 5.91 Å². The molecule has 154 valence electrons. The van der Waals surface area contributed by atoms with Crippen LogP contribution in [0.5, 0.6) is 5.75 Å². The minimum Gasteiger partial charge on any atom is -0.497 e. The number of carbonyl (C=O) groups excluding carboxylic acids is 2. The van der Waals surface area contributed by atoms with Crippen molar-refractivity contribution in [2.45, 2.75) is 12.8 Å². The predicted molar refractivity (Wildman–Crippen MR) is 117 cm³/mol. The summed E-state index contributed by atoms with van der Waals surface area (Å²) in [4.78, 5) is 30.7. The molecular weight excluding hydrogens is 380 g/mol. The highest BCUT2D eigenvalue weighted by molar-refractivity contribution is 5.98. The molecule has 0 aliphatic carbocycles. The first-order valence-corrected chi connectivity index (χ1v) is 9.90. The number of methoxy groups -OCH3 is 1. The van der Waals surface area contributed by atoms with E-state index in [4.69, 9.17) is 4.74 Å². The van der Waals surface area contributed by atoms with Crippen LogP contribution in [0, 0.1) is 0 Å². The molecule has 0 unspecified atom stereocenters. The Morgan fingerprint density at radius 1 is 1.00 bits per heavy atom. The maximum absolute atomic E-state index is 12.3. The smallest absolute Gasteiger partial charge is 0.267 e. The van der Waals surface area contributed by atoms with E-state index in [1.807, 2.05) is 42.6 Å². The van der Waals surface area contributed by atoms with Crippen molar-refractivity contribution in [1.82, 2.24) is 20.6 Å². The number of hydrogen-bond acceptors (Lipinski definition) is 3. The summed E-state index contributed by atoms with van der Waals surface area (Å²) in [6, 6.07) is 15.5. The maximum Gasteiger partial charge on any atom is 0.267 e. The van der Waals surface area contributed by atoms with Gasteiger partial charge in [0.1, 0.15) is 11.4 Å². The predicted octanol–water partition coefficient (Wildman–Crippen LogP) is 3.14. The largest absolute Gasteiger partial charge is 0.497 e. The van der Waals surface area contributed by atoms with Gasteiger partial charge in [0.05, 0.1) is 7.11 Å². The molecule has 0 radical (unpaired) electrons. The van der Waals surface area contributed by atoms with Gasteiger partial charge in [-0.3, -0.25) is 9.59 Å². The highest BCUT2D eigenvalue weighted by atomic mass is 16.5. The summed E-state index contributed by atoms with van der Waals surface area (Å²) in [6.07, 6.45) is 2.96. The van der Waals surface area contributed by atoms with Crippen LogP contribution in [0.25, 0.3) is 21.8 Å². The summed E-state index contributed by atoms with van der Waals surface area (Å²) in [7, 11) is 1.60. The van der Waals surface area contributed by atoms with E-state index < -0.39 is 0 Å². The molecular formula is C23H24N4O3. The van der Waals surface area contributed by atoms with E-state index in [9.17, 15) is 9.59 Å². The Morgan fingerprint density at radius 2 is 1.87 bits per heavy atom. The van der Waals surface area contributed by atoms with Crippen LogP contribution in [-0.2, 0) is 11.2 Å². The lowest BCUT2D eigenvalue weighted by atomic mass is 10.1. The number of aromatic amines is 2. The van der Waals surface area contributed by atoms with E-state index in [0.29, 0.717) is 12.2 Å². The molecule has 2 aromatic heterocycles. The zero-order valence-electron chi connectivity index (χ0n) is 16.7. The van der Waals surface area contributed by atoms with Crippen molar-refractivity contribution in [2.24, 2.45) is 0 Å². The quantitative estimate of drug-likeness (QED) is 0.363. The number of carbonyl (C=O) groups is 2. The van der Waals surface area contributed by atoms with Crippen LogP contribution < -0.4 is 15.4 Å². The van der Waals surface area contributed by atoms with E-state index >= 15 is 0 Å². The van der Waals surface area contributed by atoms with E-state index in [0.717, 1.165) is 28.6 Å². The zero-order valence-corrected chi connectivity index (χ0v) is 16.7. The van der Waals surface area contributed by atoms with Gasteiger partial charge in [0.15, 0.2) is 0 Å². The number of aromatic nitrogens is 2. The molecule has 4 rings (SSSR count). The lowest BCUT2D eigenvalue weighted by Gasteiger charge is -2.06. The molecule has 0 saturated heterocycles. The third-order valence-corrected chi connectivity index (χ3v) is 5.10. The SMILES string of the molecule is COc1ccc2cc(C(=O)NCCC(=O)NCCc3c[nH]c4ccccc34)[nH]c2c1. The van der Waals surface area contributed by atoms with Crippen molar-refractivity contribution in [2.75, 3.05) is 20.2 Å². The number of rotatable bonds is 8. The van der Waals surface area contributed by atoms with Crippen molar-refractivity contribution in [3.8, 4) is 5.75 Å². The van der Waals surface area contributed by atoms with Crippen molar-refractivity contribution in [3.05, 3.63) is 66.0 Å². The van der Waals surface area contributed by atoms with Crippen LogP contribution in [-0.4, -0.2) is 42.0 Å². The standard InChI is InChI=1S/C23H24N4O3/c1-30-17-7-6-15-12-21(27-20(15)13-17)23(29)25-11-9-22(28)24-10-8-16-14-26-19-5-3-2-4-18(16)19/h2-7,12-14,26-27H,8-11H2,1H3,(H,24,28)(H,25,29). The van der Waals surface area contributed by atoms with E-state index in [1.54, 1.807) is 13.2 Å². The molecule has 2 aromatic carbocycles. The van der Waals surface area contributed by atoms with Crippen LogP contribution in [0.2, 0.25) is 0 Å². The summed E-state index contributed by atoms with van der Waals surface area (Å²) in [5.41, 5.74) is 3.55. The number of hydrogen-bond donors (Lipinski definition) is 4. The van der Waals surface area contributed by atoms with Crippen molar-refractivity contribution in [1.29, 1.82) is 0 Å². The minimum absolute atomic E-state index is 0.0866. The number of benzene rings is 2. The van der Waals surface area contributed by atoms with Gasteiger partial charge < -0.3 is 25.3 Å². The summed E-state index contributed by atoms with van der Waals surface area (Å²) < 4.78 is 5.19. The molecule has 4 aromatic rings. The molecule has 0 aliphatic rings. The second kappa shape index (κ2) is 8.73. The Morgan fingerprint density at radius 3 is 2.73 bits per heavy atom. The highest BCUT2D eigenvalue weighted by Crippen LogP contribution is 2.21. The molecule has 4 N–H and O–H groups in total. The molecule has 7 heteroatoms. The van der Waals surface area contributed by atoms with E-state index in [1.165, 1.54) is 10.9 Å². The van der Waals surface area contributed by atoms with Crippen LogP contribution in [0.15, 0.2) is 54.7 Å². The molecule has 0 atom stereocenters. The van der Waals surface area contributed by atoms with Crippen molar-refractivity contribution >= 4 is 33.6 Å². The second-order valence-electron chi connectivity index (χ2n) is 7.10. The number of ether oxygens (including phenoxy) is 1. The maximum atomic E-state index is 12.3. The highest BCUT2D eigenvalue weighted by Gasteiger charge is 2.11. The summed E-state index contributed by atoms with van der Waals surface area (Å²) in [5, 5.41) is 7.79. The van der Waals surface area contributed by atoms with Crippen molar-refractivity contribution in [3.63, 3.8) is 0 Å². The molecule has 7 nitrogen and oxygen atoms in total. The molecule has 0 aliphatic heterocycles. The summed E-state index contributed by atoms with van der Waals surface area (Å²) in [6.45, 7) is 0.828. The van der Waals surface area contributed by atoms with Gasteiger partial charge in [-0.15, -0.1) is 0 Å². The zero-order chi connectivity index (χ0) is 20.9. The van der Waals surface area contributed by atoms with Gasteiger partial charge in [0.25, 0.3) is 5.91 Å². The first-order valence-electron chi connectivity index (χ1n) is 9.90. The average molecular weight is 404 g/mol. The summed E-state index contributed by atoms with van der Waals surface area (Å²) >= 11 is 0. The topological polar surface area (TPSA) is 99.0 Å². The number of H-pyrrole nitrogens is 2. The molecule has 0 saturated carbocycles. The summed E-state index contributed by atoms with van der Waals surface area (Å²) in [5.74, 6) is 0.397. The molecule has 30 heavy (non-hydrogen) atoms. The Balaban J connectivity index is 1.22. The minimum atomic E-state index is -0.239. The van der Waals surface area contributed by atoms with E-state index in [2.05, 4.69) is 26.7 Å². The Bertz CT molecular complexity index is 1190. The average Bonchev–Trinajstić information content (AvgIpc) is 3.37. The first kappa shape index (κ1) is 19.6. The number of amides is 2. The van der Waals surface area contributed by atoms with Gasteiger partial charge in [0, 0.05) is 53.6 Å². The first-order chi connectivity index (χ1) is 14.6.